The van der Waals surface area contributed by atoms with E-state index in [9.17, 15) is 4.79 Å². The molecule has 0 radical (unpaired) electrons. The van der Waals surface area contributed by atoms with Crippen LogP contribution in [0.3, 0.4) is 0 Å². The van der Waals surface area contributed by atoms with Crippen LogP contribution in [0, 0.1) is 6.92 Å². The molecule has 5 aromatic rings. The van der Waals surface area contributed by atoms with Crippen LogP contribution in [0.1, 0.15) is 76.6 Å². The Kier molecular flexibility index (Phi) is 6.86. The average molecular weight is 482 g/mol. The normalized spacial score (nSPS) is 12.7. The van der Waals surface area contributed by atoms with Crippen LogP contribution in [0.5, 0.6) is 0 Å². The van der Waals surface area contributed by atoms with Crippen molar-refractivity contribution >= 4 is 33.2 Å². The molecule has 5 rings (SSSR count). The third kappa shape index (κ3) is 4.29. The zero-order chi connectivity index (χ0) is 25.2. The van der Waals surface area contributed by atoms with Crippen molar-refractivity contribution in [2.24, 2.45) is 0 Å². The Balaban J connectivity index is 1.72. The third-order valence-corrected chi connectivity index (χ3v) is 7.37. The summed E-state index contributed by atoms with van der Waals surface area (Å²) in [5, 5.41) is 0.549. The number of rotatable bonds is 9. The quantitative estimate of drug-likeness (QED) is 0.211. The standard InChI is InChI=1S/C30H35N5O/c1-5-7-8-9-12-19-34-21(4)31-28-26(30(34)36)27-29(33-25-14-11-10-13-24(25)32-27)35(28)23-17-15-22(16-18-23)20(3)6-2/h10-11,13-18,20H,5-9,12,19H2,1-4H3/t20-/m1/s1. The minimum absolute atomic E-state index is 0.0300. The van der Waals surface area contributed by atoms with Gasteiger partial charge in [-0.3, -0.25) is 13.9 Å². The number of hydrogen-bond donors (Lipinski definition) is 0. The molecule has 0 fully saturated rings. The lowest BCUT2D eigenvalue weighted by Crippen LogP contribution is -2.24. The Morgan fingerprint density at radius 2 is 1.53 bits per heavy atom. The molecule has 3 heterocycles. The van der Waals surface area contributed by atoms with Gasteiger partial charge in [0.05, 0.1) is 11.0 Å². The number of benzene rings is 2. The van der Waals surface area contributed by atoms with Crippen molar-refractivity contribution in [2.75, 3.05) is 0 Å². The molecule has 0 saturated carbocycles. The lowest BCUT2D eigenvalue weighted by atomic mass is 9.99. The second kappa shape index (κ2) is 10.2. The van der Waals surface area contributed by atoms with E-state index in [0.717, 1.165) is 41.8 Å². The van der Waals surface area contributed by atoms with E-state index in [4.69, 9.17) is 15.0 Å². The van der Waals surface area contributed by atoms with Crippen LogP contribution in [-0.4, -0.2) is 24.1 Å². The van der Waals surface area contributed by atoms with Crippen LogP contribution in [-0.2, 0) is 6.54 Å². The maximum absolute atomic E-state index is 13.9. The monoisotopic (exact) mass is 481 g/mol. The first-order valence-corrected chi connectivity index (χ1v) is 13.3. The van der Waals surface area contributed by atoms with Gasteiger partial charge in [0.1, 0.15) is 16.7 Å². The minimum Gasteiger partial charge on any atom is -0.296 e. The second-order valence-electron chi connectivity index (χ2n) is 9.85. The topological polar surface area (TPSA) is 65.6 Å². The highest BCUT2D eigenvalue weighted by Gasteiger charge is 2.22. The first kappa shape index (κ1) is 24.2. The molecule has 186 valence electrons. The summed E-state index contributed by atoms with van der Waals surface area (Å²) >= 11 is 0. The van der Waals surface area contributed by atoms with Crippen molar-refractivity contribution < 1.29 is 0 Å². The molecular weight excluding hydrogens is 446 g/mol. The summed E-state index contributed by atoms with van der Waals surface area (Å²) in [6.45, 7) is 9.26. The molecule has 6 nitrogen and oxygen atoms in total. The van der Waals surface area contributed by atoms with Crippen molar-refractivity contribution in [1.29, 1.82) is 0 Å². The van der Waals surface area contributed by atoms with Gasteiger partial charge in [0.15, 0.2) is 11.3 Å². The summed E-state index contributed by atoms with van der Waals surface area (Å²) in [5.74, 6) is 1.22. The Hall–Kier alpha value is -3.54. The molecule has 0 N–H and O–H groups in total. The van der Waals surface area contributed by atoms with Crippen molar-refractivity contribution in [3.05, 3.63) is 70.3 Å². The highest BCUT2D eigenvalue weighted by molar-refractivity contribution is 6.05. The highest BCUT2D eigenvalue weighted by atomic mass is 16.1. The van der Waals surface area contributed by atoms with Crippen molar-refractivity contribution in [1.82, 2.24) is 24.1 Å². The Morgan fingerprint density at radius 1 is 0.833 bits per heavy atom. The highest BCUT2D eigenvalue weighted by Crippen LogP contribution is 2.30. The van der Waals surface area contributed by atoms with Gasteiger partial charge in [0.2, 0.25) is 0 Å². The fraction of sp³-hybridized carbons (Fsp3) is 0.400. The van der Waals surface area contributed by atoms with Gasteiger partial charge < -0.3 is 0 Å². The number of nitrogens with zero attached hydrogens (tertiary/aromatic N) is 5. The first-order chi connectivity index (χ1) is 17.5. The molecule has 36 heavy (non-hydrogen) atoms. The number of hydrogen-bond acceptors (Lipinski definition) is 4. The van der Waals surface area contributed by atoms with Gasteiger partial charge in [-0.05, 0) is 55.5 Å². The van der Waals surface area contributed by atoms with E-state index in [1.165, 1.54) is 24.8 Å². The molecule has 0 amide bonds. The van der Waals surface area contributed by atoms with Gasteiger partial charge in [-0.1, -0.05) is 70.7 Å². The van der Waals surface area contributed by atoms with Crippen LogP contribution in [0.2, 0.25) is 0 Å². The van der Waals surface area contributed by atoms with Gasteiger partial charge in [0, 0.05) is 12.2 Å². The molecule has 6 heteroatoms. The molecule has 2 aromatic carbocycles. The minimum atomic E-state index is -0.0300. The van der Waals surface area contributed by atoms with Gasteiger partial charge >= 0.3 is 0 Å². The largest absolute Gasteiger partial charge is 0.296 e. The SMILES string of the molecule is CCCCCCCn1c(C)nc2c(c1=O)c1nc3ccccc3nc1n2-c1ccc([C@H](C)CC)cc1. The number of fused-ring (bicyclic) bond motifs is 4. The summed E-state index contributed by atoms with van der Waals surface area (Å²) < 4.78 is 3.82. The maximum Gasteiger partial charge on any atom is 0.265 e. The van der Waals surface area contributed by atoms with E-state index in [1.54, 1.807) is 0 Å². The summed E-state index contributed by atoms with van der Waals surface area (Å²) in [6, 6.07) is 16.4. The number of para-hydroxylation sites is 2. The predicted octanol–water partition coefficient (Wildman–Crippen LogP) is 7.08. The van der Waals surface area contributed by atoms with Gasteiger partial charge in [-0.2, -0.15) is 0 Å². The van der Waals surface area contributed by atoms with Crippen LogP contribution in [0.4, 0.5) is 0 Å². The molecule has 0 saturated heterocycles. The fourth-order valence-electron chi connectivity index (χ4n) is 5.00. The molecule has 0 spiro atoms. The average Bonchev–Trinajstić information content (AvgIpc) is 3.21. The van der Waals surface area contributed by atoms with Crippen LogP contribution in [0.25, 0.3) is 38.9 Å². The molecule has 0 aliphatic rings. The zero-order valence-electron chi connectivity index (χ0n) is 21.8. The molecule has 0 aliphatic carbocycles. The van der Waals surface area contributed by atoms with E-state index in [1.807, 2.05) is 40.3 Å². The Morgan fingerprint density at radius 3 is 2.22 bits per heavy atom. The van der Waals surface area contributed by atoms with Gasteiger partial charge in [-0.25, -0.2) is 15.0 Å². The van der Waals surface area contributed by atoms with Crippen LogP contribution < -0.4 is 5.56 Å². The van der Waals surface area contributed by atoms with Gasteiger partial charge in [-0.15, -0.1) is 0 Å². The van der Waals surface area contributed by atoms with Crippen LogP contribution in [0.15, 0.2) is 53.3 Å². The van der Waals surface area contributed by atoms with Gasteiger partial charge in [0.25, 0.3) is 5.56 Å². The first-order valence-electron chi connectivity index (χ1n) is 13.3. The fourth-order valence-corrected chi connectivity index (χ4v) is 5.00. The van der Waals surface area contributed by atoms with Crippen molar-refractivity contribution in [3.63, 3.8) is 0 Å². The van der Waals surface area contributed by atoms with Crippen LogP contribution >= 0.6 is 0 Å². The molecule has 3 aromatic heterocycles. The van der Waals surface area contributed by atoms with Crippen molar-refractivity contribution in [3.8, 4) is 5.69 Å². The van der Waals surface area contributed by atoms with E-state index in [-0.39, 0.29) is 5.56 Å². The molecular formula is C30H35N5O. The molecule has 0 bridgehead atoms. The summed E-state index contributed by atoms with van der Waals surface area (Å²) in [6.07, 6.45) is 6.81. The zero-order valence-corrected chi connectivity index (χ0v) is 21.8. The number of aryl methyl sites for hydroxylation is 1. The van der Waals surface area contributed by atoms with E-state index < -0.39 is 0 Å². The maximum atomic E-state index is 13.9. The molecule has 0 unspecified atom stereocenters. The van der Waals surface area contributed by atoms with E-state index in [2.05, 4.69) is 45.0 Å². The lowest BCUT2D eigenvalue weighted by Gasteiger charge is -2.12. The van der Waals surface area contributed by atoms with E-state index >= 15 is 0 Å². The summed E-state index contributed by atoms with van der Waals surface area (Å²) in [4.78, 5) is 28.8. The smallest absolute Gasteiger partial charge is 0.265 e. The predicted molar refractivity (Wildman–Crippen MR) is 148 cm³/mol. The Bertz CT molecular complexity index is 1580. The summed E-state index contributed by atoms with van der Waals surface area (Å²) in [5.41, 5.74) is 5.71. The van der Waals surface area contributed by atoms with Crippen molar-refractivity contribution in [2.45, 2.75) is 78.7 Å². The second-order valence-corrected chi connectivity index (χ2v) is 9.85. The summed E-state index contributed by atoms with van der Waals surface area (Å²) in [7, 11) is 0. The Labute approximate surface area is 212 Å². The number of aromatic nitrogens is 5. The lowest BCUT2D eigenvalue weighted by molar-refractivity contribution is 0.546. The molecule has 1 atom stereocenters. The number of unbranched alkanes of at least 4 members (excludes halogenated alkanes) is 4. The third-order valence-electron chi connectivity index (χ3n) is 7.37. The molecule has 0 aliphatic heterocycles. The van der Waals surface area contributed by atoms with E-state index in [0.29, 0.717) is 34.7 Å².